The second-order valence-corrected chi connectivity index (χ2v) is 5.33. The number of nitrogens with zero attached hydrogens (tertiary/aromatic N) is 1. The molecule has 0 saturated carbocycles. The Morgan fingerprint density at radius 2 is 1.89 bits per heavy atom. The quantitative estimate of drug-likeness (QED) is 0.512. The second kappa shape index (κ2) is 6.59. The highest BCUT2D eigenvalue weighted by Gasteiger charge is 2.13. The second-order valence-electron chi connectivity index (χ2n) is 4.22. The van der Waals surface area contributed by atoms with Crippen LogP contribution in [0.15, 0.2) is 42.5 Å². The lowest BCUT2D eigenvalue weighted by Crippen LogP contribution is -2.23. The summed E-state index contributed by atoms with van der Waals surface area (Å²) in [5, 5.41) is 3.27. The summed E-state index contributed by atoms with van der Waals surface area (Å²) < 4.78 is 2.14. The van der Waals surface area contributed by atoms with Crippen molar-refractivity contribution in [1.82, 2.24) is 0 Å². The van der Waals surface area contributed by atoms with Gasteiger partial charge in [0.2, 0.25) is 0 Å². The maximum absolute atomic E-state index is 6.19. The standard InChI is InChI=1S/C15H19N3S/c1-2-18(15(17)19-11-10-16)14-9-5-7-12-6-3-4-8-13(12)14/h3-9,17H,2,10-11,16H2,1H3/p+1. The van der Waals surface area contributed by atoms with Crippen molar-refractivity contribution in [3.05, 3.63) is 42.5 Å². The van der Waals surface area contributed by atoms with Gasteiger partial charge in [-0.05, 0) is 30.1 Å². The summed E-state index contributed by atoms with van der Waals surface area (Å²) in [4.78, 5) is 0. The Bertz CT molecular complexity index is 587. The highest BCUT2D eigenvalue weighted by Crippen LogP contribution is 2.26. The van der Waals surface area contributed by atoms with Gasteiger partial charge in [-0.3, -0.25) is 5.73 Å². The largest absolute Gasteiger partial charge is 0.330 e. The van der Waals surface area contributed by atoms with E-state index in [1.807, 2.05) is 0 Å². The molecule has 0 bridgehead atoms. The van der Waals surface area contributed by atoms with E-state index in [9.17, 15) is 0 Å². The summed E-state index contributed by atoms with van der Waals surface area (Å²) in [5.74, 6) is 0.840. The molecule has 19 heavy (non-hydrogen) atoms. The molecule has 0 spiro atoms. The van der Waals surface area contributed by atoms with E-state index >= 15 is 0 Å². The van der Waals surface area contributed by atoms with Gasteiger partial charge in [0.15, 0.2) is 0 Å². The Morgan fingerprint density at radius 3 is 2.63 bits per heavy atom. The normalized spacial score (nSPS) is 12.5. The molecule has 2 aromatic carbocycles. The van der Waals surface area contributed by atoms with Crippen molar-refractivity contribution < 1.29 is 4.58 Å². The zero-order valence-electron chi connectivity index (χ0n) is 11.2. The van der Waals surface area contributed by atoms with Gasteiger partial charge in [-0.15, -0.1) is 0 Å². The summed E-state index contributed by atoms with van der Waals surface area (Å²) in [6.45, 7) is 3.59. The summed E-state index contributed by atoms with van der Waals surface area (Å²) in [7, 11) is 0. The molecule has 0 unspecified atom stereocenters. The number of rotatable bonds is 4. The van der Waals surface area contributed by atoms with Gasteiger partial charge < -0.3 is 5.73 Å². The number of nitrogens with two attached hydrogens (primary N) is 2. The molecular weight excluding hydrogens is 254 g/mol. The van der Waals surface area contributed by atoms with Crippen LogP contribution in [0.1, 0.15) is 6.92 Å². The third-order valence-corrected chi connectivity index (χ3v) is 3.96. The molecule has 0 atom stereocenters. The third-order valence-electron chi connectivity index (χ3n) is 3.01. The molecule has 4 N–H and O–H groups in total. The maximum atomic E-state index is 6.19. The van der Waals surface area contributed by atoms with E-state index in [1.54, 1.807) is 11.8 Å². The number of benzene rings is 2. The topological polar surface area (TPSA) is 55.0 Å². The fraction of sp³-hybridized carbons (Fsp3) is 0.267. The minimum absolute atomic E-state index is 0.637. The van der Waals surface area contributed by atoms with Gasteiger partial charge in [-0.2, -0.15) is 0 Å². The van der Waals surface area contributed by atoms with Gasteiger partial charge in [-0.25, -0.2) is 4.58 Å². The smallest absolute Gasteiger partial charge is 0.309 e. The van der Waals surface area contributed by atoms with Crippen LogP contribution < -0.4 is 11.5 Å². The van der Waals surface area contributed by atoms with Crippen molar-refractivity contribution in [1.29, 1.82) is 0 Å². The molecule has 0 aliphatic carbocycles. The highest BCUT2D eigenvalue weighted by atomic mass is 32.2. The molecule has 0 aliphatic heterocycles. The molecule has 2 rings (SSSR count). The summed E-state index contributed by atoms with van der Waals surface area (Å²) >= 11 is 1.61. The van der Waals surface area contributed by atoms with E-state index in [1.165, 1.54) is 10.8 Å². The minimum atomic E-state index is 0.637. The van der Waals surface area contributed by atoms with Crippen LogP contribution in [-0.2, 0) is 0 Å². The Labute approximate surface area is 118 Å². The lowest BCUT2D eigenvalue weighted by Gasteiger charge is -2.10. The minimum Gasteiger partial charge on any atom is -0.330 e. The summed E-state index contributed by atoms with van der Waals surface area (Å²) in [6, 6.07) is 14.7. The van der Waals surface area contributed by atoms with Crippen LogP contribution in [0.3, 0.4) is 0 Å². The van der Waals surface area contributed by atoms with E-state index in [-0.39, 0.29) is 0 Å². The van der Waals surface area contributed by atoms with Crippen molar-refractivity contribution in [2.75, 3.05) is 18.8 Å². The number of amidine groups is 1. The first-order valence-electron chi connectivity index (χ1n) is 6.48. The van der Waals surface area contributed by atoms with Crippen molar-refractivity contribution in [2.24, 2.45) is 11.5 Å². The van der Waals surface area contributed by atoms with Gasteiger partial charge in [-0.1, -0.05) is 36.4 Å². The van der Waals surface area contributed by atoms with E-state index in [0.717, 1.165) is 23.2 Å². The van der Waals surface area contributed by atoms with Crippen LogP contribution in [0.5, 0.6) is 0 Å². The zero-order chi connectivity index (χ0) is 13.7. The molecule has 2 aromatic rings. The van der Waals surface area contributed by atoms with Crippen molar-refractivity contribution >= 4 is 33.4 Å². The molecule has 4 heteroatoms. The maximum Gasteiger partial charge on any atom is 0.309 e. The van der Waals surface area contributed by atoms with Gasteiger partial charge in [0.25, 0.3) is 0 Å². The first-order chi connectivity index (χ1) is 9.27. The van der Waals surface area contributed by atoms with Crippen LogP contribution in [-0.4, -0.2) is 28.6 Å². The number of fused-ring (bicyclic) bond motifs is 1. The SMILES string of the molecule is CC[N+](=C(N)SCCN)c1cccc2ccccc12. The van der Waals surface area contributed by atoms with Gasteiger partial charge in [0, 0.05) is 17.7 Å². The molecule has 0 saturated heterocycles. The number of thioether (sulfide) groups is 1. The molecule has 3 nitrogen and oxygen atoms in total. The first kappa shape index (κ1) is 13.9. The van der Waals surface area contributed by atoms with Gasteiger partial charge in [0.1, 0.15) is 5.69 Å². The lowest BCUT2D eigenvalue weighted by molar-refractivity contribution is -0.432. The molecule has 0 aliphatic rings. The Kier molecular flexibility index (Phi) is 4.82. The summed E-state index contributed by atoms with van der Waals surface area (Å²) in [5.41, 5.74) is 12.9. The highest BCUT2D eigenvalue weighted by molar-refractivity contribution is 8.13. The molecule has 100 valence electrons. The molecule has 0 heterocycles. The first-order valence-corrected chi connectivity index (χ1v) is 7.47. The predicted octanol–water partition coefficient (Wildman–Crippen LogP) is 2.51. The van der Waals surface area contributed by atoms with Crippen LogP contribution >= 0.6 is 11.8 Å². The number of hydrogen-bond acceptors (Lipinski definition) is 2. The molecule has 0 aromatic heterocycles. The molecule has 0 radical (unpaired) electrons. The zero-order valence-corrected chi connectivity index (χ0v) is 12.0. The van der Waals surface area contributed by atoms with Crippen LogP contribution in [0, 0.1) is 0 Å². The Morgan fingerprint density at radius 1 is 1.16 bits per heavy atom. The van der Waals surface area contributed by atoms with Crippen LogP contribution in [0.25, 0.3) is 10.8 Å². The van der Waals surface area contributed by atoms with E-state index in [2.05, 4.69) is 54.0 Å². The van der Waals surface area contributed by atoms with E-state index < -0.39 is 0 Å². The third kappa shape index (κ3) is 3.08. The molecule has 0 amide bonds. The average Bonchev–Trinajstić information content (AvgIpc) is 2.46. The van der Waals surface area contributed by atoms with Crippen molar-refractivity contribution in [3.63, 3.8) is 0 Å². The Hall–Kier alpha value is -1.52. The number of hydrogen-bond donors (Lipinski definition) is 2. The average molecular weight is 274 g/mol. The fourth-order valence-corrected chi connectivity index (χ4v) is 2.84. The molecule has 0 fully saturated rings. The van der Waals surface area contributed by atoms with Gasteiger partial charge in [0.05, 0.1) is 6.54 Å². The van der Waals surface area contributed by atoms with Crippen molar-refractivity contribution in [3.8, 4) is 0 Å². The van der Waals surface area contributed by atoms with Crippen molar-refractivity contribution in [2.45, 2.75) is 6.92 Å². The predicted molar refractivity (Wildman–Crippen MR) is 85.1 cm³/mol. The molecular formula is C15H20N3S+. The van der Waals surface area contributed by atoms with E-state index in [4.69, 9.17) is 11.5 Å². The lowest BCUT2D eigenvalue weighted by atomic mass is 10.1. The van der Waals surface area contributed by atoms with Gasteiger partial charge >= 0.3 is 5.17 Å². The fourth-order valence-electron chi connectivity index (χ4n) is 2.13. The summed E-state index contributed by atoms with van der Waals surface area (Å²) in [6.07, 6.45) is 0. The van der Waals surface area contributed by atoms with Crippen LogP contribution in [0.2, 0.25) is 0 Å². The monoisotopic (exact) mass is 274 g/mol. The van der Waals surface area contributed by atoms with Crippen LogP contribution in [0.4, 0.5) is 5.69 Å². The van der Waals surface area contributed by atoms with E-state index in [0.29, 0.717) is 6.54 Å². The Balaban J connectivity index is 2.52.